The lowest BCUT2D eigenvalue weighted by atomic mass is 10.3. The fraction of sp³-hybridized carbons (Fsp3) is 0.176. The molecule has 0 fully saturated rings. The molecule has 0 radical (unpaired) electrons. The number of benzene rings is 2. The van der Waals surface area contributed by atoms with E-state index in [1.165, 1.54) is 16.2 Å². The van der Waals surface area contributed by atoms with E-state index in [0.717, 1.165) is 39.5 Å². The molecule has 1 aromatic heterocycles. The molecule has 1 amide bonds. The van der Waals surface area contributed by atoms with E-state index in [4.69, 9.17) is 0 Å². The van der Waals surface area contributed by atoms with Gasteiger partial charge in [0, 0.05) is 7.05 Å². The van der Waals surface area contributed by atoms with Gasteiger partial charge in [0.15, 0.2) is 0 Å². The SMILES string of the molecule is CN(Cc1nc2ccccc2s1)C(=O)CNS(=O)(=O)c1ccc(F)cc1. The van der Waals surface area contributed by atoms with Crippen molar-refractivity contribution in [3.63, 3.8) is 0 Å². The minimum Gasteiger partial charge on any atom is -0.338 e. The zero-order chi connectivity index (χ0) is 18.7. The van der Waals surface area contributed by atoms with Crippen molar-refractivity contribution in [1.82, 2.24) is 14.6 Å². The first-order valence-corrected chi connectivity index (χ1v) is 9.99. The maximum atomic E-state index is 12.9. The molecular weight excluding hydrogens is 377 g/mol. The van der Waals surface area contributed by atoms with Crippen LogP contribution in [0.3, 0.4) is 0 Å². The molecule has 136 valence electrons. The van der Waals surface area contributed by atoms with Crippen LogP contribution in [0.4, 0.5) is 4.39 Å². The third kappa shape index (κ3) is 4.24. The predicted octanol–water partition coefficient (Wildman–Crippen LogP) is 2.37. The number of hydrogen-bond acceptors (Lipinski definition) is 5. The molecule has 1 heterocycles. The summed E-state index contributed by atoms with van der Waals surface area (Å²) >= 11 is 1.49. The Morgan fingerprint density at radius 1 is 1.19 bits per heavy atom. The first-order chi connectivity index (χ1) is 12.3. The van der Waals surface area contributed by atoms with Crippen molar-refractivity contribution in [2.24, 2.45) is 0 Å². The average molecular weight is 393 g/mol. The maximum absolute atomic E-state index is 12.9. The molecule has 0 bridgehead atoms. The number of thiazole rings is 1. The Labute approximate surface area is 154 Å². The molecule has 6 nitrogen and oxygen atoms in total. The summed E-state index contributed by atoms with van der Waals surface area (Å²) in [6.45, 7) is -0.0996. The van der Waals surface area contributed by atoms with Gasteiger partial charge >= 0.3 is 0 Å². The van der Waals surface area contributed by atoms with E-state index >= 15 is 0 Å². The molecule has 3 rings (SSSR count). The molecule has 1 N–H and O–H groups in total. The Kier molecular flexibility index (Phi) is 5.30. The number of fused-ring (bicyclic) bond motifs is 1. The summed E-state index contributed by atoms with van der Waals surface area (Å²) in [7, 11) is -2.29. The van der Waals surface area contributed by atoms with Gasteiger partial charge in [-0.2, -0.15) is 0 Å². The molecule has 2 aromatic carbocycles. The summed E-state index contributed by atoms with van der Waals surface area (Å²) in [6, 6.07) is 12.1. The Morgan fingerprint density at radius 3 is 2.58 bits per heavy atom. The highest BCUT2D eigenvalue weighted by atomic mass is 32.2. The van der Waals surface area contributed by atoms with E-state index in [2.05, 4.69) is 9.71 Å². The number of sulfonamides is 1. The van der Waals surface area contributed by atoms with Crippen LogP contribution < -0.4 is 4.72 Å². The summed E-state index contributed by atoms with van der Waals surface area (Å²) in [5.74, 6) is -0.925. The van der Waals surface area contributed by atoms with Gasteiger partial charge in [0.05, 0.1) is 28.2 Å². The monoisotopic (exact) mass is 393 g/mol. The molecule has 26 heavy (non-hydrogen) atoms. The topological polar surface area (TPSA) is 79.4 Å². The molecule has 0 saturated heterocycles. The fourth-order valence-corrected chi connectivity index (χ4v) is 4.26. The fourth-order valence-electron chi connectivity index (χ4n) is 2.27. The van der Waals surface area contributed by atoms with E-state index in [-0.39, 0.29) is 18.0 Å². The number of nitrogens with one attached hydrogen (secondary N) is 1. The van der Waals surface area contributed by atoms with Gasteiger partial charge in [-0.05, 0) is 36.4 Å². The molecule has 0 saturated carbocycles. The molecule has 0 spiro atoms. The van der Waals surface area contributed by atoms with Crippen LogP contribution >= 0.6 is 11.3 Å². The highest BCUT2D eigenvalue weighted by Gasteiger charge is 2.18. The second kappa shape index (κ2) is 7.48. The van der Waals surface area contributed by atoms with Crippen molar-refractivity contribution < 1.29 is 17.6 Å². The van der Waals surface area contributed by atoms with Crippen LogP contribution in [0.15, 0.2) is 53.4 Å². The minimum atomic E-state index is -3.88. The molecule has 0 aliphatic heterocycles. The van der Waals surface area contributed by atoms with E-state index < -0.39 is 21.7 Å². The zero-order valence-electron chi connectivity index (χ0n) is 13.8. The molecule has 0 unspecified atom stereocenters. The van der Waals surface area contributed by atoms with Gasteiger partial charge in [-0.1, -0.05) is 12.1 Å². The number of likely N-dealkylation sites (N-methyl/N-ethyl adjacent to an activating group) is 1. The summed E-state index contributed by atoms with van der Waals surface area (Å²) in [6.07, 6.45) is 0. The summed E-state index contributed by atoms with van der Waals surface area (Å²) < 4.78 is 40.4. The van der Waals surface area contributed by atoms with Crippen molar-refractivity contribution in [2.45, 2.75) is 11.4 Å². The number of rotatable bonds is 6. The van der Waals surface area contributed by atoms with Crippen LogP contribution in [-0.2, 0) is 21.4 Å². The molecule has 9 heteroatoms. The second-order valence-electron chi connectivity index (χ2n) is 5.60. The number of nitrogens with zero attached hydrogens (tertiary/aromatic N) is 2. The Balaban J connectivity index is 1.61. The van der Waals surface area contributed by atoms with Crippen molar-refractivity contribution in [2.75, 3.05) is 13.6 Å². The van der Waals surface area contributed by atoms with Gasteiger partial charge in [-0.15, -0.1) is 11.3 Å². The smallest absolute Gasteiger partial charge is 0.241 e. The lowest BCUT2D eigenvalue weighted by Gasteiger charge is -2.16. The third-order valence-corrected chi connectivity index (χ3v) is 6.11. The zero-order valence-corrected chi connectivity index (χ0v) is 15.5. The van der Waals surface area contributed by atoms with E-state index in [1.807, 2.05) is 24.3 Å². The number of para-hydroxylation sites is 1. The predicted molar refractivity (Wildman–Crippen MR) is 97.7 cm³/mol. The van der Waals surface area contributed by atoms with Crippen LogP contribution in [0.25, 0.3) is 10.2 Å². The lowest BCUT2D eigenvalue weighted by Crippen LogP contribution is -2.37. The number of carbonyl (C=O) groups is 1. The number of amides is 1. The van der Waals surface area contributed by atoms with E-state index in [0.29, 0.717) is 0 Å². The minimum absolute atomic E-state index is 0.0967. The van der Waals surface area contributed by atoms with Gasteiger partial charge in [-0.25, -0.2) is 22.5 Å². The van der Waals surface area contributed by atoms with Crippen LogP contribution in [0.1, 0.15) is 5.01 Å². The first-order valence-electron chi connectivity index (χ1n) is 7.69. The van der Waals surface area contributed by atoms with Crippen LogP contribution in [0.2, 0.25) is 0 Å². The summed E-state index contributed by atoms with van der Waals surface area (Å²) in [5, 5.41) is 0.767. The average Bonchev–Trinajstić information content (AvgIpc) is 3.02. The summed E-state index contributed by atoms with van der Waals surface area (Å²) in [5.41, 5.74) is 0.866. The first kappa shape index (κ1) is 18.4. The second-order valence-corrected chi connectivity index (χ2v) is 8.49. The van der Waals surface area contributed by atoms with Crippen molar-refractivity contribution in [3.05, 3.63) is 59.4 Å². The van der Waals surface area contributed by atoms with Gasteiger partial charge in [-0.3, -0.25) is 4.79 Å². The van der Waals surface area contributed by atoms with Gasteiger partial charge in [0.25, 0.3) is 0 Å². The maximum Gasteiger partial charge on any atom is 0.241 e. The standard InChI is InChI=1S/C17H16FN3O3S2/c1-21(11-16-20-14-4-2-3-5-15(14)25-16)17(22)10-19-26(23,24)13-8-6-12(18)7-9-13/h2-9,19H,10-11H2,1H3. The lowest BCUT2D eigenvalue weighted by molar-refractivity contribution is -0.129. The van der Waals surface area contributed by atoms with Crippen LogP contribution in [0, 0.1) is 5.82 Å². The highest BCUT2D eigenvalue weighted by molar-refractivity contribution is 7.89. The van der Waals surface area contributed by atoms with Gasteiger partial charge in [0.2, 0.25) is 15.9 Å². The van der Waals surface area contributed by atoms with Crippen molar-refractivity contribution in [3.8, 4) is 0 Å². The van der Waals surface area contributed by atoms with Crippen LogP contribution in [-0.4, -0.2) is 37.8 Å². The Bertz CT molecular complexity index is 1000. The highest BCUT2D eigenvalue weighted by Crippen LogP contribution is 2.22. The number of halogens is 1. The third-order valence-electron chi connectivity index (χ3n) is 3.67. The van der Waals surface area contributed by atoms with E-state index in [9.17, 15) is 17.6 Å². The quantitative estimate of drug-likeness (QED) is 0.697. The number of carbonyl (C=O) groups excluding carboxylic acids is 1. The van der Waals surface area contributed by atoms with Gasteiger partial charge in [0.1, 0.15) is 10.8 Å². The van der Waals surface area contributed by atoms with Crippen molar-refractivity contribution in [1.29, 1.82) is 0 Å². The molecule has 0 aliphatic carbocycles. The van der Waals surface area contributed by atoms with Crippen LogP contribution in [0.5, 0.6) is 0 Å². The van der Waals surface area contributed by atoms with Gasteiger partial charge < -0.3 is 4.90 Å². The number of hydrogen-bond donors (Lipinski definition) is 1. The largest absolute Gasteiger partial charge is 0.338 e. The molecule has 3 aromatic rings. The van der Waals surface area contributed by atoms with Crippen molar-refractivity contribution >= 4 is 37.5 Å². The van der Waals surface area contributed by atoms with E-state index in [1.54, 1.807) is 7.05 Å². The molecular formula is C17H16FN3O3S2. The summed E-state index contributed by atoms with van der Waals surface area (Å²) in [4.78, 5) is 18.0. The Morgan fingerprint density at radius 2 is 1.88 bits per heavy atom. The molecule has 0 atom stereocenters. The molecule has 0 aliphatic rings. The normalized spacial score (nSPS) is 11.6. The number of aromatic nitrogens is 1. The Hall–Kier alpha value is -2.36.